The van der Waals surface area contributed by atoms with Crippen molar-refractivity contribution in [2.45, 2.75) is 31.7 Å². The van der Waals surface area contributed by atoms with E-state index in [1.54, 1.807) is 12.1 Å². The maximum Gasteiger partial charge on any atom is 0.230 e. The molecule has 2 aromatic carbocycles. The van der Waals surface area contributed by atoms with Gasteiger partial charge in [0.25, 0.3) is 0 Å². The monoisotopic (exact) mass is 326 g/mol. The molecule has 3 rings (SSSR count). The molecule has 0 fully saturated rings. The van der Waals surface area contributed by atoms with Gasteiger partial charge in [-0.2, -0.15) is 0 Å². The Morgan fingerprint density at radius 1 is 1.25 bits per heavy atom. The molecule has 4 heteroatoms. The van der Waals surface area contributed by atoms with Gasteiger partial charge in [-0.3, -0.25) is 4.79 Å². The summed E-state index contributed by atoms with van der Waals surface area (Å²) >= 11 is 0. The molecule has 2 aromatic rings. The molecule has 1 atom stereocenters. The van der Waals surface area contributed by atoms with Crippen molar-refractivity contribution in [1.82, 2.24) is 10.6 Å². The number of benzene rings is 2. The zero-order chi connectivity index (χ0) is 17.2. The number of carbonyl (C=O) groups excluding carboxylic acids is 1. The molecular formula is C20H23FN2O. The van der Waals surface area contributed by atoms with Gasteiger partial charge in [0.15, 0.2) is 0 Å². The Bertz CT molecular complexity index is 742. The summed E-state index contributed by atoms with van der Waals surface area (Å²) in [6.07, 6.45) is 1.01. The van der Waals surface area contributed by atoms with Crippen molar-refractivity contribution in [3.05, 3.63) is 71.0 Å². The van der Waals surface area contributed by atoms with Gasteiger partial charge >= 0.3 is 0 Å². The van der Waals surface area contributed by atoms with Crippen LogP contribution in [0.1, 0.15) is 36.6 Å². The van der Waals surface area contributed by atoms with Crippen LogP contribution in [-0.4, -0.2) is 19.0 Å². The fraction of sp³-hybridized carbons (Fsp3) is 0.350. The maximum absolute atomic E-state index is 13.5. The van der Waals surface area contributed by atoms with Crippen molar-refractivity contribution in [3.8, 4) is 0 Å². The highest BCUT2D eigenvalue weighted by atomic mass is 19.1. The smallest absolute Gasteiger partial charge is 0.230 e. The van der Waals surface area contributed by atoms with Gasteiger partial charge in [0.1, 0.15) is 5.82 Å². The number of amides is 1. The second-order valence-electron chi connectivity index (χ2n) is 6.80. The van der Waals surface area contributed by atoms with Gasteiger partial charge in [0.05, 0.1) is 5.41 Å². The molecule has 0 radical (unpaired) electrons. The Kier molecular flexibility index (Phi) is 4.67. The molecule has 1 unspecified atom stereocenters. The van der Waals surface area contributed by atoms with E-state index in [1.807, 2.05) is 26.0 Å². The zero-order valence-electron chi connectivity index (χ0n) is 14.1. The van der Waals surface area contributed by atoms with E-state index in [0.717, 1.165) is 13.0 Å². The summed E-state index contributed by atoms with van der Waals surface area (Å²) in [4.78, 5) is 12.7. The third kappa shape index (κ3) is 3.34. The highest BCUT2D eigenvalue weighted by Gasteiger charge is 2.31. The van der Waals surface area contributed by atoms with Gasteiger partial charge in [-0.15, -0.1) is 0 Å². The Labute approximate surface area is 142 Å². The van der Waals surface area contributed by atoms with Crippen molar-refractivity contribution in [1.29, 1.82) is 0 Å². The van der Waals surface area contributed by atoms with Crippen LogP contribution in [0, 0.1) is 5.82 Å². The first kappa shape index (κ1) is 16.7. The van der Waals surface area contributed by atoms with Gasteiger partial charge in [0.2, 0.25) is 5.91 Å². The van der Waals surface area contributed by atoms with E-state index < -0.39 is 5.41 Å². The highest BCUT2D eigenvalue weighted by Crippen LogP contribution is 2.25. The summed E-state index contributed by atoms with van der Waals surface area (Å²) in [5.41, 5.74) is 2.47. The molecule has 0 saturated carbocycles. The van der Waals surface area contributed by atoms with Crippen molar-refractivity contribution in [2.24, 2.45) is 0 Å². The van der Waals surface area contributed by atoms with E-state index in [-0.39, 0.29) is 17.8 Å². The lowest BCUT2D eigenvalue weighted by molar-refractivity contribution is -0.125. The molecule has 0 aliphatic carbocycles. The van der Waals surface area contributed by atoms with E-state index in [0.29, 0.717) is 12.1 Å². The standard InChI is InChI=1S/C20H23FN2O/c1-20(2,15-7-5-8-16(21)12-15)19(24)23-13-18-17-9-4-3-6-14(17)10-11-22-18/h3-9,12,18,22H,10-11,13H2,1-2H3,(H,23,24). The normalized spacial score (nSPS) is 17.2. The van der Waals surface area contributed by atoms with Crippen LogP contribution in [0.15, 0.2) is 48.5 Å². The molecule has 126 valence electrons. The number of hydrogen-bond donors (Lipinski definition) is 2. The molecular weight excluding hydrogens is 303 g/mol. The SMILES string of the molecule is CC(C)(C(=O)NCC1NCCc2ccccc21)c1cccc(F)c1. The first-order valence-electron chi connectivity index (χ1n) is 8.34. The third-order valence-corrected chi connectivity index (χ3v) is 4.80. The van der Waals surface area contributed by atoms with E-state index in [9.17, 15) is 9.18 Å². The number of fused-ring (bicyclic) bond motifs is 1. The van der Waals surface area contributed by atoms with E-state index >= 15 is 0 Å². The van der Waals surface area contributed by atoms with E-state index in [4.69, 9.17) is 0 Å². The summed E-state index contributed by atoms with van der Waals surface area (Å²) in [5.74, 6) is -0.422. The zero-order valence-corrected chi connectivity index (χ0v) is 14.1. The number of rotatable bonds is 4. The summed E-state index contributed by atoms with van der Waals surface area (Å²) < 4.78 is 13.5. The maximum atomic E-state index is 13.5. The minimum absolute atomic E-state index is 0.0991. The van der Waals surface area contributed by atoms with Crippen molar-refractivity contribution < 1.29 is 9.18 Å². The minimum Gasteiger partial charge on any atom is -0.353 e. The number of halogens is 1. The second-order valence-corrected chi connectivity index (χ2v) is 6.80. The summed E-state index contributed by atoms with van der Waals surface area (Å²) in [6, 6.07) is 14.7. The van der Waals surface area contributed by atoms with Crippen LogP contribution in [0.4, 0.5) is 4.39 Å². The summed E-state index contributed by atoms with van der Waals surface area (Å²) in [5, 5.41) is 6.48. The lowest BCUT2D eigenvalue weighted by Gasteiger charge is -2.29. The summed E-state index contributed by atoms with van der Waals surface area (Å²) in [6.45, 7) is 5.07. The predicted octanol–water partition coefficient (Wildman–Crippen LogP) is 3.11. The van der Waals surface area contributed by atoms with Crippen LogP contribution >= 0.6 is 0 Å². The molecule has 1 amide bonds. The number of hydrogen-bond acceptors (Lipinski definition) is 2. The van der Waals surface area contributed by atoms with Gasteiger partial charge in [0, 0.05) is 12.6 Å². The molecule has 24 heavy (non-hydrogen) atoms. The predicted molar refractivity (Wildman–Crippen MR) is 93.3 cm³/mol. The first-order chi connectivity index (χ1) is 11.5. The summed E-state index contributed by atoms with van der Waals surface area (Å²) in [7, 11) is 0. The Balaban J connectivity index is 1.70. The van der Waals surface area contributed by atoms with Crippen molar-refractivity contribution >= 4 is 5.91 Å². The van der Waals surface area contributed by atoms with Crippen molar-refractivity contribution in [3.63, 3.8) is 0 Å². The van der Waals surface area contributed by atoms with Crippen LogP contribution in [0.5, 0.6) is 0 Å². The van der Waals surface area contributed by atoms with Gasteiger partial charge in [-0.05, 0) is 55.6 Å². The largest absolute Gasteiger partial charge is 0.353 e. The van der Waals surface area contributed by atoms with Crippen LogP contribution in [0.2, 0.25) is 0 Å². The Hall–Kier alpha value is -2.20. The Morgan fingerprint density at radius 2 is 2.04 bits per heavy atom. The molecule has 0 aromatic heterocycles. The molecule has 0 bridgehead atoms. The molecule has 0 spiro atoms. The fourth-order valence-corrected chi connectivity index (χ4v) is 3.20. The first-order valence-corrected chi connectivity index (χ1v) is 8.34. The molecule has 1 aliphatic rings. The van der Waals surface area contributed by atoms with Crippen LogP contribution in [-0.2, 0) is 16.6 Å². The third-order valence-electron chi connectivity index (χ3n) is 4.80. The molecule has 0 saturated heterocycles. The average Bonchev–Trinajstić information content (AvgIpc) is 2.59. The molecule has 1 heterocycles. The van der Waals surface area contributed by atoms with Gasteiger partial charge in [-0.25, -0.2) is 4.39 Å². The van der Waals surface area contributed by atoms with Crippen LogP contribution in [0.25, 0.3) is 0 Å². The molecule has 3 nitrogen and oxygen atoms in total. The second kappa shape index (κ2) is 6.73. The van der Waals surface area contributed by atoms with E-state index in [2.05, 4.69) is 22.8 Å². The minimum atomic E-state index is -0.781. The number of nitrogens with one attached hydrogen (secondary N) is 2. The quantitative estimate of drug-likeness (QED) is 0.906. The fourth-order valence-electron chi connectivity index (χ4n) is 3.20. The lowest BCUT2D eigenvalue weighted by Crippen LogP contribution is -2.45. The molecule has 1 aliphatic heterocycles. The van der Waals surface area contributed by atoms with Gasteiger partial charge in [-0.1, -0.05) is 36.4 Å². The van der Waals surface area contributed by atoms with Crippen LogP contribution in [0.3, 0.4) is 0 Å². The van der Waals surface area contributed by atoms with Crippen LogP contribution < -0.4 is 10.6 Å². The van der Waals surface area contributed by atoms with Crippen molar-refractivity contribution in [2.75, 3.05) is 13.1 Å². The number of carbonyl (C=O) groups is 1. The lowest BCUT2D eigenvalue weighted by atomic mass is 9.83. The Morgan fingerprint density at radius 3 is 2.83 bits per heavy atom. The highest BCUT2D eigenvalue weighted by molar-refractivity contribution is 5.87. The van der Waals surface area contributed by atoms with Gasteiger partial charge < -0.3 is 10.6 Å². The van der Waals surface area contributed by atoms with E-state index in [1.165, 1.54) is 23.3 Å². The topological polar surface area (TPSA) is 41.1 Å². The molecule has 2 N–H and O–H groups in total. The average molecular weight is 326 g/mol.